The summed E-state index contributed by atoms with van der Waals surface area (Å²) in [6.45, 7) is 4.13. The van der Waals surface area contributed by atoms with E-state index in [9.17, 15) is 4.39 Å². The predicted molar refractivity (Wildman–Crippen MR) is 82.7 cm³/mol. The van der Waals surface area contributed by atoms with Crippen LogP contribution in [-0.4, -0.2) is 0 Å². The maximum atomic E-state index is 13.8. The Hall–Kier alpha value is -0.860. The second kappa shape index (κ2) is 6.06. The summed E-state index contributed by atoms with van der Waals surface area (Å²) in [7, 11) is 0. The molecule has 0 aromatic heterocycles. The van der Waals surface area contributed by atoms with E-state index >= 15 is 0 Å². The highest BCUT2D eigenvalue weighted by Crippen LogP contribution is 2.31. The fraction of sp³-hybridized carbons (Fsp3) is 0.250. The van der Waals surface area contributed by atoms with Crippen LogP contribution in [0.5, 0.6) is 0 Å². The molecule has 1 unspecified atom stereocenters. The molecule has 0 fully saturated rings. The van der Waals surface area contributed by atoms with Crippen LogP contribution in [0.2, 0.25) is 5.02 Å². The fourth-order valence-corrected chi connectivity index (χ4v) is 2.96. The number of alkyl halides is 1. The fourth-order valence-electron chi connectivity index (χ4n) is 2.08. The van der Waals surface area contributed by atoms with Crippen molar-refractivity contribution in [1.82, 2.24) is 0 Å². The molecule has 100 valence electrons. The molecule has 0 aliphatic carbocycles. The van der Waals surface area contributed by atoms with Crippen molar-refractivity contribution >= 4 is 27.5 Å². The molecule has 3 heteroatoms. The van der Waals surface area contributed by atoms with E-state index in [1.54, 1.807) is 12.1 Å². The van der Waals surface area contributed by atoms with Crippen molar-refractivity contribution in [1.29, 1.82) is 0 Å². The lowest BCUT2D eigenvalue weighted by Crippen LogP contribution is -2.00. The van der Waals surface area contributed by atoms with Gasteiger partial charge in [0.25, 0.3) is 0 Å². The minimum absolute atomic E-state index is 0.0771. The summed E-state index contributed by atoms with van der Waals surface area (Å²) in [6.07, 6.45) is 0.741. The number of rotatable bonds is 3. The molecule has 1 atom stereocenters. The number of aryl methyl sites for hydroxylation is 2. The van der Waals surface area contributed by atoms with Crippen molar-refractivity contribution in [3.63, 3.8) is 0 Å². The van der Waals surface area contributed by atoms with Crippen LogP contribution in [0, 0.1) is 19.7 Å². The molecule has 0 amide bonds. The third kappa shape index (κ3) is 3.58. The monoisotopic (exact) mass is 340 g/mol. The molecule has 0 bridgehead atoms. The van der Waals surface area contributed by atoms with E-state index in [0.29, 0.717) is 10.6 Å². The summed E-state index contributed by atoms with van der Waals surface area (Å²) >= 11 is 9.50. The van der Waals surface area contributed by atoms with E-state index in [-0.39, 0.29) is 10.6 Å². The van der Waals surface area contributed by atoms with Gasteiger partial charge in [0.2, 0.25) is 0 Å². The topological polar surface area (TPSA) is 0 Å². The number of halogens is 3. The average Bonchev–Trinajstić information content (AvgIpc) is 2.36. The van der Waals surface area contributed by atoms with Crippen molar-refractivity contribution < 1.29 is 4.39 Å². The molecule has 0 saturated carbocycles. The molecule has 2 rings (SSSR count). The summed E-state index contributed by atoms with van der Waals surface area (Å²) < 4.78 is 13.8. The lowest BCUT2D eigenvalue weighted by molar-refractivity contribution is 0.608. The average molecular weight is 342 g/mol. The van der Waals surface area contributed by atoms with Crippen LogP contribution in [-0.2, 0) is 6.42 Å². The highest BCUT2D eigenvalue weighted by molar-refractivity contribution is 9.09. The van der Waals surface area contributed by atoms with Crippen molar-refractivity contribution in [3.8, 4) is 0 Å². The Kier molecular flexibility index (Phi) is 4.64. The molecule has 0 radical (unpaired) electrons. The molecule has 19 heavy (non-hydrogen) atoms. The van der Waals surface area contributed by atoms with E-state index < -0.39 is 0 Å². The van der Waals surface area contributed by atoms with Gasteiger partial charge in [-0.3, -0.25) is 0 Å². The number of benzene rings is 2. The second-order valence-electron chi connectivity index (χ2n) is 4.77. The molecule has 0 spiro atoms. The van der Waals surface area contributed by atoms with Crippen LogP contribution in [0.1, 0.15) is 27.1 Å². The van der Waals surface area contributed by atoms with Gasteiger partial charge < -0.3 is 0 Å². The Morgan fingerprint density at radius 1 is 1.16 bits per heavy atom. The zero-order valence-electron chi connectivity index (χ0n) is 10.9. The normalized spacial score (nSPS) is 12.5. The first-order chi connectivity index (χ1) is 8.97. The number of hydrogen-bond acceptors (Lipinski definition) is 0. The first-order valence-corrected chi connectivity index (χ1v) is 7.42. The van der Waals surface area contributed by atoms with E-state index in [4.69, 9.17) is 11.6 Å². The van der Waals surface area contributed by atoms with Gasteiger partial charge in [0, 0.05) is 15.4 Å². The highest BCUT2D eigenvalue weighted by Gasteiger charge is 2.15. The summed E-state index contributed by atoms with van der Waals surface area (Å²) in [4.78, 5) is -0.0771. The quantitative estimate of drug-likeness (QED) is 0.621. The molecular formula is C16H15BrClF. The third-order valence-electron chi connectivity index (χ3n) is 3.20. The van der Waals surface area contributed by atoms with Gasteiger partial charge in [-0.1, -0.05) is 51.3 Å². The number of hydrogen-bond donors (Lipinski definition) is 0. The van der Waals surface area contributed by atoms with Gasteiger partial charge in [-0.25, -0.2) is 4.39 Å². The van der Waals surface area contributed by atoms with Gasteiger partial charge in [-0.15, -0.1) is 0 Å². The van der Waals surface area contributed by atoms with E-state index in [0.717, 1.165) is 6.42 Å². The minimum Gasteiger partial charge on any atom is -0.207 e. The standard InChI is InChI=1S/C16H15BrClF/c1-10-3-4-11(2)12(7-10)8-15(17)14-9-13(18)5-6-16(14)19/h3-7,9,15H,8H2,1-2H3. The molecule has 0 aliphatic rings. The third-order valence-corrected chi connectivity index (χ3v) is 4.25. The van der Waals surface area contributed by atoms with E-state index in [2.05, 4.69) is 48.0 Å². The molecular weight excluding hydrogens is 327 g/mol. The summed E-state index contributed by atoms with van der Waals surface area (Å²) in [6, 6.07) is 11.0. The zero-order chi connectivity index (χ0) is 14.0. The lowest BCUT2D eigenvalue weighted by Gasteiger charge is -2.14. The Labute approximate surface area is 126 Å². The van der Waals surface area contributed by atoms with Crippen LogP contribution in [0.4, 0.5) is 4.39 Å². The molecule has 0 heterocycles. The molecule has 2 aromatic rings. The molecule has 2 aromatic carbocycles. The van der Waals surface area contributed by atoms with Gasteiger partial charge in [0.1, 0.15) is 5.82 Å². The van der Waals surface area contributed by atoms with Crippen LogP contribution < -0.4 is 0 Å². The molecule has 0 N–H and O–H groups in total. The second-order valence-corrected chi connectivity index (χ2v) is 6.31. The smallest absolute Gasteiger partial charge is 0.127 e. The van der Waals surface area contributed by atoms with Crippen molar-refractivity contribution in [3.05, 3.63) is 69.5 Å². The van der Waals surface area contributed by atoms with E-state index in [1.165, 1.54) is 22.8 Å². The van der Waals surface area contributed by atoms with Gasteiger partial charge in [-0.05, 0) is 49.6 Å². The highest BCUT2D eigenvalue weighted by atomic mass is 79.9. The summed E-state index contributed by atoms with van der Waals surface area (Å²) in [5.74, 6) is -0.225. The summed E-state index contributed by atoms with van der Waals surface area (Å²) in [5.41, 5.74) is 4.26. The molecule has 0 aliphatic heterocycles. The van der Waals surface area contributed by atoms with Gasteiger partial charge in [-0.2, -0.15) is 0 Å². The van der Waals surface area contributed by atoms with Crippen LogP contribution >= 0.6 is 27.5 Å². The largest absolute Gasteiger partial charge is 0.207 e. The van der Waals surface area contributed by atoms with Crippen molar-refractivity contribution in [2.75, 3.05) is 0 Å². The van der Waals surface area contributed by atoms with Gasteiger partial charge in [0.05, 0.1) is 0 Å². The maximum absolute atomic E-state index is 13.8. The molecule has 0 saturated heterocycles. The van der Waals surface area contributed by atoms with Crippen LogP contribution in [0.15, 0.2) is 36.4 Å². The van der Waals surface area contributed by atoms with Crippen molar-refractivity contribution in [2.24, 2.45) is 0 Å². The maximum Gasteiger partial charge on any atom is 0.127 e. The summed E-state index contributed by atoms with van der Waals surface area (Å²) in [5, 5.41) is 0.557. The van der Waals surface area contributed by atoms with E-state index in [1.807, 2.05) is 0 Å². The SMILES string of the molecule is Cc1ccc(C)c(CC(Br)c2cc(Cl)ccc2F)c1. The Morgan fingerprint density at radius 3 is 2.63 bits per heavy atom. The Morgan fingerprint density at radius 2 is 1.89 bits per heavy atom. The van der Waals surface area contributed by atoms with Gasteiger partial charge >= 0.3 is 0 Å². The zero-order valence-corrected chi connectivity index (χ0v) is 13.2. The first-order valence-electron chi connectivity index (χ1n) is 6.12. The first kappa shape index (κ1) is 14.5. The Balaban J connectivity index is 2.27. The molecule has 0 nitrogen and oxygen atoms in total. The minimum atomic E-state index is -0.225. The van der Waals surface area contributed by atoms with Gasteiger partial charge in [0.15, 0.2) is 0 Å². The lowest BCUT2D eigenvalue weighted by atomic mass is 9.98. The van der Waals surface area contributed by atoms with Crippen LogP contribution in [0.25, 0.3) is 0 Å². The van der Waals surface area contributed by atoms with Crippen LogP contribution in [0.3, 0.4) is 0 Å². The predicted octanol–water partition coefficient (Wildman–Crippen LogP) is 5.77. The van der Waals surface area contributed by atoms with Crippen molar-refractivity contribution in [2.45, 2.75) is 25.1 Å². The Bertz CT molecular complexity index is 595.